The highest BCUT2D eigenvalue weighted by Gasteiger charge is 2.17. The van der Waals surface area contributed by atoms with Gasteiger partial charge in [0.2, 0.25) is 10.0 Å². The van der Waals surface area contributed by atoms with E-state index >= 15 is 0 Å². The maximum atomic E-state index is 12.6. The van der Waals surface area contributed by atoms with Gasteiger partial charge in [-0.25, -0.2) is 13.6 Å². The molecule has 6 nitrogen and oxygen atoms in total. The lowest BCUT2D eigenvalue weighted by atomic mass is 9.87. The van der Waals surface area contributed by atoms with Crippen LogP contribution in [0.4, 0.5) is 11.4 Å². The first kappa shape index (κ1) is 19.9. The molecule has 2 rings (SSSR count). The number of rotatable bonds is 4. The van der Waals surface area contributed by atoms with Crippen LogP contribution >= 0.6 is 0 Å². The van der Waals surface area contributed by atoms with Gasteiger partial charge in [-0.1, -0.05) is 32.9 Å². The van der Waals surface area contributed by atoms with E-state index in [1.807, 2.05) is 12.1 Å². The van der Waals surface area contributed by atoms with Crippen molar-refractivity contribution in [3.63, 3.8) is 0 Å². The van der Waals surface area contributed by atoms with Gasteiger partial charge in [-0.05, 0) is 41.3 Å². The average molecular weight is 375 g/mol. The van der Waals surface area contributed by atoms with Crippen LogP contribution in [0.25, 0.3) is 0 Å². The van der Waals surface area contributed by atoms with E-state index in [1.165, 1.54) is 12.1 Å². The summed E-state index contributed by atoms with van der Waals surface area (Å²) in [5, 5.41) is 7.98. The van der Waals surface area contributed by atoms with Crippen molar-refractivity contribution in [2.45, 2.75) is 31.1 Å². The molecule has 3 N–H and O–H groups in total. The predicted molar refractivity (Wildman–Crippen MR) is 105 cm³/mol. The fourth-order valence-electron chi connectivity index (χ4n) is 2.50. The molecule has 0 radical (unpaired) electrons. The summed E-state index contributed by atoms with van der Waals surface area (Å²) in [6, 6.07) is 11.7. The topological polar surface area (TPSA) is 92.5 Å². The highest BCUT2D eigenvalue weighted by molar-refractivity contribution is 7.89. The normalized spacial score (nSPS) is 11.9. The number of benzene rings is 2. The Kier molecular flexibility index (Phi) is 5.44. The second-order valence-corrected chi connectivity index (χ2v) is 8.96. The van der Waals surface area contributed by atoms with Crippen LogP contribution in [0.2, 0.25) is 0 Å². The zero-order chi connectivity index (χ0) is 19.7. The molecule has 0 spiro atoms. The number of hydrogen-bond acceptors (Lipinski definition) is 4. The molecule has 1 amide bonds. The molecule has 0 atom stereocenters. The number of carbonyl (C=O) groups excluding carboxylic acids is 1. The Labute approximate surface area is 155 Å². The standard InChI is InChI=1S/C19H25N3O3S/c1-19(2,3)14-8-6-13(7-9-14)18(23)21-16-12-15(26(20,24)25)10-11-17(16)22(4)5/h6-12H,1-5H3,(H,21,23)(H2,20,24,25). The van der Waals surface area contributed by atoms with Gasteiger partial charge in [-0.15, -0.1) is 0 Å². The third kappa shape index (κ3) is 4.62. The van der Waals surface area contributed by atoms with Crippen LogP contribution in [-0.2, 0) is 15.4 Å². The maximum Gasteiger partial charge on any atom is 0.255 e. The second-order valence-electron chi connectivity index (χ2n) is 7.40. The van der Waals surface area contributed by atoms with Gasteiger partial charge in [0, 0.05) is 19.7 Å². The molecular weight excluding hydrogens is 350 g/mol. The van der Waals surface area contributed by atoms with Crippen molar-refractivity contribution in [3.8, 4) is 0 Å². The largest absolute Gasteiger partial charge is 0.376 e. The summed E-state index contributed by atoms with van der Waals surface area (Å²) >= 11 is 0. The molecule has 0 unspecified atom stereocenters. The molecule has 0 aliphatic heterocycles. The van der Waals surface area contributed by atoms with Crippen LogP contribution in [0.1, 0.15) is 36.7 Å². The highest BCUT2D eigenvalue weighted by Crippen LogP contribution is 2.28. The van der Waals surface area contributed by atoms with Gasteiger partial charge < -0.3 is 10.2 Å². The van der Waals surface area contributed by atoms with Gasteiger partial charge in [0.25, 0.3) is 5.91 Å². The van der Waals surface area contributed by atoms with Gasteiger partial charge in [0.05, 0.1) is 16.3 Å². The lowest BCUT2D eigenvalue weighted by molar-refractivity contribution is 0.102. The maximum absolute atomic E-state index is 12.6. The van der Waals surface area contributed by atoms with E-state index in [2.05, 4.69) is 26.1 Å². The predicted octanol–water partition coefficient (Wildman–Crippen LogP) is 2.95. The van der Waals surface area contributed by atoms with Crippen molar-refractivity contribution in [2.24, 2.45) is 5.14 Å². The van der Waals surface area contributed by atoms with Crippen molar-refractivity contribution in [3.05, 3.63) is 53.6 Å². The Balaban J connectivity index is 2.36. The Morgan fingerprint density at radius 1 is 1.04 bits per heavy atom. The van der Waals surface area contributed by atoms with E-state index in [0.29, 0.717) is 16.9 Å². The lowest BCUT2D eigenvalue weighted by Crippen LogP contribution is -2.19. The van der Waals surface area contributed by atoms with Crippen LogP contribution < -0.4 is 15.4 Å². The van der Waals surface area contributed by atoms with Crippen molar-refractivity contribution >= 4 is 27.3 Å². The van der Waals surface area contributed by atoms with E-state index < -0.39 is 10.0 Å². The van der Waals surface area contributed by atoms with Gasteiger partial charge in [0.1, 0.15) is 0 Å². The summed E-state index contributed by atoms with van der Waals surface area (Å²) in [5.74, 6) is -0.319. The molecule has 0 saturated carbocycles. The summed E-state index contributed by atoms with van der Waals surface area (Å²) < 4.78 is 23.2. The molecule has 0 aliphatic carbocycles. The smallest absolute Gasteiger partial charge is 0.255 e. The summed E-state index contributed by atoms with van der Waals surface area (Å²) in [6.07, 6.45) is 0. The van der Waals surface area contributed by atoms with Gasteiger partial charge >= 0.3 is 0 Å². The molecule has 7 heteroatoms. The number of nitrogens with one attached hydrogen (secondary N) is 1. The second kappa shape index (κ2) is 7.09. The highest BCUT2D eigenvalue weighted by atomic mass is 32.2. The van der Waals surface area contributed by atoms with E-state index in [9.17, 15) is 13.2 Å². The van der Waals surface area contributed by atoms with Crippen molar-refractivity contribution in [1.82, 2.24) is 0 Å². The zero-order valence-corrected chi connectivity index (χ0v) is 16.5. The van der Waals surface area contributed by atoms with Crippen molar-refractivity contribution in [1.29, 1.82) is 0 Å². The molecule has 0 saturated heterocycles. The molecule has 0 aliphatic rings. The van der Waals surface area contributed by atoms with E-state index in [1.54, 1.807) is 37.2 Å². The number of anilines is 2. The molecule has 0 bridgehead atoms. The number of amides is 1. The Bertz CT molecular complexity index is 912. The van der Waals surface area contributed by atoms with Crippen LogP contribution in [0.3, 0.4) is 0 Å². The first-order valence-corrected chi connectivity index (χ1v) is 9.70. The van der Waals surface area contributed by atoms with Gasteiger partial charge in [0.15, 0.2) is 0 Å². The van der Waals surface area contributed by atoms with Crippen LogP contribution in [-0.4, -0.2) is 28.4 Å². The number of nitrogens with zero attached hydrogens (tertiary/aromatic N) is 1. The monoisotopic (exact) mass is 375 g/mol. The fourth-order valence-corrected chi connectivity index (χ4v) is 3.04. The summed E-state index contributed by atoms with van der Waals surface area (Å²) in [4.78, 5) is 14.3. The zero-order valence-electron chi connectivity index (χ0n) is 15.7. The minimum absolute atomic E-state index is 0.00306. The number of sulfonamides is 1. The van der Waals surface area contributed by atoms with E-state index in [0.717, 1.165) is 5.56 Å². The van der Waals surface area contributed by atoms with Crippen molar-refractivity contribution < 1.29 is 13.2 Å². The minimum atomic E-state index is -3.86. The Hall–Kier alpha value is -2.38. The lowest BCUT2D eigenvalue weighted by Gasteiger charge is -2.20. The molecule has 0 heterocycles. The Morgan fingerprint density at radius 3 is 2.08 bits per heavy atom. The third-order valence-corrected chi connectivity index (χ3v) is 4.95. The molecule has 2 aromatic carbocycles. The first-order chi connectivity index (χ1) is 11.9. The molecule has 0 aromatic heterocycles. The van der Waals surface area contributed by atoms with Crippen molar-refractivity contribution in [2.75, 3.05) is 24.3 Å². The first-order valence-electron chi connectivity index (χ1n) is 8.15. The minimum Gasteiger partial charge on any atom is -0.376 e. The molecule has 0 fully saturated rings. The number of primary sulfonamides is 1. The van der Waals surface area contributed by atoms with Gasteiger partial charge in [-0.2, -0.15) is 0 Å². The molecule has 26 heavy (non-hydrogen) atoms. The number of carbonyl (C=O) groups is 1. The quantitative estimate of drug-likeness (QED) is 0.859. The molecule has 140 valence electrons. The van der Waals surface area contributed by atoms with Crippen LogP contribution in [0, 0.1) is 0 Å². The summed E-state index contributed by atoms with van der Waals surface area (Å²) in [5.41, 5.74) is 2.67. The fraction of sp³-hybridized carbons (Fsp3) is 0.316. The van der Waals surface area contributed by atoms with Crippen LogP contribution in [0.15, 0.2) is 47.4 Å². The van der Waals surface area contributed by atoms with Crippen LogP contribution in [0.5, 0.6) is 0 Å². The average Bonchev–Trinajstić information content (AvgIpc) is 2.53. The Morgan fingerprint density at radius 2 is 1.62 bits per heavy atom. The molecular formula is C19H25N3O3S. The number of hydrogen-bond donors (Lipinski definition) is 2. The SMILES string of the molecule is CN(C)c1ccc(S(N)(=O)=O)cc1NC(=O)c1ccc(C(C)(C)C)cc1. The third-order valence-electron chi connectivity index (χ3n) is 4.04. The number of nitrogens with two attached hydrogens (primary N) is 1. The molecule has 2 aromatic rings. The summed E-state index contributed by atoms with van der Waals surface area (Å²) in [7, 11) is -0.249. The van der Waals surface area contributed by atoms with E-state index in [4.69, 9.17) is 5.14 Å². The van der Waals surface area contributed by atoms with Gasteiger partial charge in [-0.3, -0.25) is 4.79 Å². The summed E-state index contributed by atoms with van der Waals surface area (Å²) in [6.45, 7) is 6.30. The van der Waals surface area contributed by atoms with E-state index in [-0.39, 0.29) is 16.2 Å².